The molecule has 0 radical (unpaired) electrons. The topological polar surface area (TPSA) is 64.4 Å². The maximum atomic E-state index is 12.9. The molecule has 2 rings (SSSR count). The van der Waals surface area contributed by atoms with Crippen LogP contribution in [0.5, 0.6) is 0 Å². The predicted octanol–water partition coefficient (Wildman–Crippen LogP) is 2.21. The number of furan rings is 1. The Morgan fingerprint density at radius 3 is 3.06 bits per heavy atom. The van der Waals surface area contributed by atoms with Crippen LogP contribution in [0.2, 0.25) is 0 Å². The Kier molecular flexibility index (Phi) is 3.57. The molecule has 0 bridgehead atoms. The van der Waals surface area contributed by atoms with E-state index in [1.807, 2.05) is 0 Å². The van der Waals surface area contributed by atoms with E-state index in [1.165, 1.54) is 19.4 Å². The van der Waals surface area contributed by atoms with E-state index in [2.05, 4.69) is 15.0 Å². The van der Waals surface area contributed by atoms with Crippen molar-refractivity contribution in [3.05, 3.63) is 47.8 Å². The highest BCUT2D eigenvalue weighted by molar-refractivity contribution is 5.87. The Bertz CT molecular complexity index is 554. The predicted molar refractivity (Wildman–Crippen MR) is 61.6 cm³/mol. The molecule has 2 aromatic rings. The molecule has 2 aromatic heterocycles. The van der Waals surface area contributed by atoms with Crippen LogP contribution in [0.15, 0.2) is 34.9 Å². The van der Waals surface area contributed by atoms with Crippen molar-refractivity contribution in [2.24, 2.45) is 0 Å². The van der Waals surface area contributed by atoms with Gasteiger partial charge < -0.3 is 14.5 Å². The molecule has 0 aliphatic rings. The van der Waals surface area contributed by atoms with Gasteiger partial charge in [-0.3, -0.25) is 0 Å². The fourth-order valence-electron chi connectivity index (χ4n) is 1.44. The molecule has 2 heterocycles. The Morgan fingerprint density at radius 1 is 1.50 bits per heavy atom. The van der Waals surface area contributed by atoms with E-state index in [4.69, 9.17) is 4.42 Å². The molecule has 0 saturated heterocycles. The number of nitrogens with zero attached hydrogens (tertiary/aromatic N) is 1. The second-order valence-electron chi connectivity index (χ2n) is 3.47. The zero-order valence-electron chi connectivity index (χ0n) is 9.64. The maximum Gasteiger partial charge on any atom is 0.374 e. The van der Waals surface area contributed by atoms with E-state index in [-0.39, 0.29) is 12.3 Å². The summed E-state index contributed by atoms with van der Waals surface area (Å²) >= 11 is 0. The minimum Gasteiger partial charge on any atom is -0.463 e. The summed E-state index contributed by atoms with van der Waals surface area (Å²) in [5, 5.41) is 2.89. The van der Waals surface area contributed by atoms with Gasteiger partial charge in [-0.2, -0.15) is 4.39 Å². The molecule has 0 aliphatic heterocycles. The molecule has 1 N–H and O–H groups in total. The fraction of sp³-hybridized carbons (Fsp3) is 0.167. The van der Waals surface area contributed by atoms with Crippen LogP contribution < -0.4 is 5.32 Å². The summed E-state index contributed by atoms with van der Waals surface area (Å²) in [7, 11) is 1.27. The first-order valence-electron chi connectivity index (χ1n) is 5.22. The molecule has 5 nitrogen and oxygen atoms in total. The summed E-state index contributed by atoms with van der Waals surface area (Å²) in [6.45, 7) is 0.289. The smallest absolute Gasteiger partial charge is 0.374 e. The van der Waals surface area contributed by atoms with Crippen molar-refractivity contribution in [1.82, 2.24) is 4.98 Å². The molecule has 0 amide bonds. The number of nitrogens with one attached hydrogen (secondary N) is 1. The van der Waals surface area contributed by atoms with E-state index in [9.17, 15) is 9.18 Å². The highest BCUT2D eigenvalue weighted by atomic mass is 19.1. The SMILES string of the molecule is COC(=O)c1occc1CNc1cccc(F)n1. The zero-order valence-corrected chi connectivity index (χ0v) is 9.64. The minimum absolute atomic E-state index is 0.126. The molecule has 18 heavy (non-hydrogen) atoms. The lowest BCUT2D eigenvalue weighted by molar-refractivity contribution is 0.0563. The normalized spacial score (nSPS) is 10.1. The van der Waals surface area contributed by atoms with Crippen LogP contribution in [0, 0.1) is 5.95 Å². The number of carbonyl (C=O) groups excluding carboxylic acids is 1. The Hall–Kier alpha value is -2.37. The number of ether oxygens (including phenoxy) is 1. The van der Waals surface area contributed by atoms with Crippen LogP contribution in [-0.4, -0.2) is 18.1 Å². The summed E-state index contributed by atoms with van der Waals surface area (Å²) in [4.78, 5) is 15.0. The average Bonchev–Trinajstić information content (AvgIpc) is 2.84. The number of hydrogen-bond acceptors (Lipinski definition) is 5. The standard InChI is InChI=1S/C12H11FN2O3/c1-17-12(16)11-8(5-6-18-11)7-14-10-4-2-3-9(13)15-10/h2-6H,7H2,1H3,(H,14,15). The van der Waals surface area contributed by atoms with Crippen LogP contribution in [0.4, 0.5) is 10.2 Å². The first-order valence-corrected chi connectivity index (χ1v) is 5.22. The molecule has 0 aliphatic carbocycles. The number of hydrogen-bond donors (Lipinski definition) is 1. The van der Waals surface area contributed by atoms with Gasteiger partial charge in [0.25, 0.3) is 0 Å². The average molecular weight is 250 g/mol. The van der Waals surface area contributed by atoms with Crippen LogP contribution in [-0.2, 0) is 11.3 Å². The Morgan fingerprint density at radius 2 is 2.33 bits per heavy atom. The molecule has 6 heteroatoms. The fourth-order valence-corrected chi connectivity index (χ4v) is 1.44. The molecule has 94 valence electrons. The molecule has 0 aromatic carbocycles. The largest absolute Gasteiger partial charge is 0.463 e. The first-order chi connectivity index (χ1) is 8.70. The molecule has 0 spiro atoms. The van der Waals surface area contributed by atoms with E-state index >= 15 is 0 Å². The lowest BCUT2D eigenvalue weighted by Crippen LogP contribution is -2.07. The summed E-state index contributed by atoms with van der Waals surface area (Å²) in [5.41, 5.74) is 0.618. The van der Waals surface area contributed by atoms with Gasteiger partial charge in [0.2, 0.25) is 11.7 Å². The van der Waals surface area contributed by atoms with Gasteiger partial charge >= 0.3 is 5.97 Å². The van der Waals surface area contributed by atoms with Crippen LogP contribution in [0.3, 0.4) is 0 Å². The Balaban J connectivity index is 2.07. The third-order valence-corrected chi connectivity index (χ3v) is 2.29. The van der Waals surface area contributed by atoms with E-state index < -0.39 is 11.9 Å². The zero-order chi connectivity index (χ0) is 13.0. The number of halogens is 1. The van der Waals surface area contributed by atoms with Gasteiger partial charge in [-0.25, -0.2) is 9.78 Å². The van der Waals surface area contributed by atoms with Gasteiger partial charge in [-0.05, 0) is 18.2 Å². The second kappa shape index (κ2) is 5.31. The van der Waals surface area contributed by atoms with E-state index in [1.54, 1.807) is 18.2 Å². The Labute approximate surface area is 103 Å². The molecular weight excluding hydrogens is 239 g/mol. The van der Waals surface area contributed by atoms with Gasteiger partial charge in [-0.15, -0.1) is 0 Å². The number of carbonyl (C=O) groups is 1. The first kappa shape index (κ1) is 12.1. The van der Waals surface area contributed by atoms with E-state index in [0.29, 0.717) is 11.4 Å². The summed E-state index contributed by atoms with van der Waals surface area (Å²) in [5.74, 6) is -0.613. The maximum absolute atomic E-state index is 12.9. The van der Waals surface area contributed by atoms with Crippen molar-refractivity contribution < 1.29 is 18.3 Å². The van der Waals surface area contributed by atoms with Crippen molar-refractivity contribution in [2.75, 3.05) is 12.4 Å². The van der Waals surface area contributed by atoms with Crippen molar-refractivity contribution in [3.8, 4) is 0 Å². The lowest BCUT2D eigenvalue weighted by Gasteiger charge is -2.04. The van der Waals surface area contributed by atoms with Gasteiger partial charge in [0.1, 0.15) is 5.82 Å². The minimum atomic E-state index is -0.569. The van der Waals surface area contributed by atoms with Crippen molar-refractivity contribution in [2.45, 2.75) is 6.54 Å². The van der Waals surface area contributed by atoms with Gasteiger partial charge in [0.15, 0.2) is 0 Å². The number of esters is 1. The summed E-state index contributed by atoms with van der Waals surface area (Å²) < 4.78 is 22.4. The third-order valence-electron chi connectivity index (χ3n) is 2.29. The molecular formula is C12H11FN2O3. The van der Waals surface area contributed by atoms with Crippen molar-refractivity contribution in [3.63, 3.8) is 0 Å². The monoisotopic (exact) mass is 250 g/mol. The number of aromatic nitrogens is 1. The van der Waals surface area contributed by atoms with Crippen LogP contribution >= 0.6 is 0 Å². The summed E-state index contributed by atoms with van der Waals surface area (Å²) in [6, 6.07) is 6.06. The number of pyridine rings is 1. The highest BCUT2D eigenvalue weighted by Gasteiger charge is 2.15. The quantitative estimate of drug-likeness (QED) is 0.665. The number of anilines is 1. The highest BCUT2D eigenvalue weighted by Crippen LogP contribution is 2.14. The third kappa shape index (κ3) is 2.65. The second-order valence-corrected chi connectivity index (χ2v) is 3.47. The number of methoxy groups -OCH3 is 1. The molecule has 0 unspecified atom stereocenters. The molecule has 0 saturated carbocycles. The van der Waals surface area contributed by atoms with Crippen molar-refractivity contribution >= 4 is 11.8 Å². The van der Waals surface area contributed by atoms with Gasteiger partial charge in [0, 0.05) is 12.1 Å². The molecule has 0 atom stereocenters. The van der Waals surface area contributed by atoms with E-state index in [0.717, 1.165) is 0 Å². The van der Waals surface area contributed by atoms with Crippen molar-refractivity contribution in [1.29, 1.82) is 0 Å². The summed E-state index contributed by atoms with van der Waals surface area (Å²) in [6.07, 6.45) is 1.39. The van der Waals surface area contributed by atoms with Crippen LogP contribution in [0.25, 0.3) is 0 Å². The van der Waals surface area contributed by atoms with Crippen LogP contribution in [0.1, 0.15) is 16.1 Å². The van der Waals surface area contributed by atoms with Gasteiger partial charge in [0.05, 0.1) is 13.4 Å². The number of rotatable bonds is 4. The van der Waals surface area contributed by atoms with Gasteiger partial charge in [-0.1, -0.05) is 6.07 Å². The lowest BCUT2D eigenvalue weighted by atomic mass is 10.2. The molecule has 0 fully saturated rings.